The van der Waals surface area contributed by atoms with E-state index in [9.17, 15) is 4.79 Å². The van der Waals surface area contributed by atoms with Gasteiger partial charge >= 0.3 is 0 Å². The van der Waals surface area contributed by atoms with E-state index < -0.39 is 10.5 Å². The van der Waals surface area contributed by atoms with Gasteiger partial charge in [0.1, 0.15) is 7.85 Å². The normalized spacial score (nSPS) is 13.7. The third-order valence-corrected chi connectivity index (χ3v) is 0.950. The number of carbonyl (C=O) groups excluding carboxylic acids is 1. The molecule has 6 heavy (non-hydrogen) atoms. The minimum atomic E-state index is -0.549. The monoisotopic (exact) mass is 124 g/mol. The van der Waals surface area contributed by atoms with E-state index in [1.165, 1.54) is 7.85 Å². The summed E-state index contributed by atoms with van der Waals surface area (Å²) in [6, 6.07) is 0. The van der Waals surface area contributed by atoms with Crippen molar-refractivity contribution in [3.05, 3.63) is 0 Å². The largest absolute Gasteiger partial charge is 0.281 e. The van der Waals surface area contributed by atoms with Crippen molar-refractivity contribution in [2.75, 3.05) is 0 Å². The Bertz CT molecular complexity index is 62.6. The molecule has 0 aromatic rings. The molecule has 1 unspecified atom stereocenters. The highest BCUT2D eigenvalue weighted by atomic mass is 35.5. The zero-order chi connectivity index (χ0) is 5.15. The molecule has 34 valence electrons. The summed E-state index contributed by atoms with van der Waals surface area (Å²) >= 11 is 9.97. The summed E-state index contributed by atoms with van der Waals surface area (Å²) in [6.45, 7) is 0. The van der Waals surface area contributed by atoms with Gasteiger partial charge in [0, 0.05) is 0 Å². The Kier molecular flexibility index (Phi) is 2.61. The maximum atomic E-state index is 9.78. The molecule has 0 aromatic heterocycles. The molecule has 0 radical (unpaired) electrons. The first kappa shape index (κ1) is 6.31. The van der Waals surface area contributed by atoms with Crippen LogP contribution in [0.4, 0.5) is 0 Å². The number of hydrogen-bond donors (Lipinski definition) is 0. The van der Waals surface area contributed by atoms with Gasteiger partial charge in [-0.25, -0.2) is 0 Å². The smallest absolute Gasteiger partial charge is 0.231 e. The Morgan fingerprint density at radius 3 is 2.00 bits per heavy atom. The van der Waals surface area contributed by atoms with Gasteiger partial charge in [-0.1, -0.05) is 0 Å². The van der Waals surface area contributed by atoms with Gasteiger partial charge < -0.3 is 0 Å². The van der Waals surface area contributed by atoms with E-state index >= 15 is 0 Å². The molecule has 1 nitrogen and oxygen atoms in total. The number of carbonyl (C=O) groups is 1. The van der Waals surface area contributed by atoms with Crippen molar-refractivity contribution in [3.8, 4) is 0 Å². The lowest BCUT2D eigenvalue weighted by molar-refractivity contribution is -0.110. The molecule has 0 heterocycles. The number of halogens is 2. The number of rotatable bonds is 1. The Morgan fingerprint density at radius 1 is 1.83 bits per heavy atom. The molecule has 0 fully saturated rings. The Labute approximate surface area is 47.0 Å². The average molecular weight is 125 g/mol. The fourth-order valence-corrected chi connectivity index (χ4v) is 0. The summed E-state index contributed by atoms with van der Waals surface area (Å²) in [6.07, 6.45) is 0. The first-order chi connectivity index (χ1) is 2.64. The molecular weight excluding hydrogens is 122 g/mol. The Hall–Kier alpha value is 0.315. The zero-order valence-corrected chi connectivity index (χ0v) is 4.75. The van der Waals surface area contributed by atoms with Crippen LogP contribution in [0, 0.1) is 0 Å². The van der Waals surface area contributed by atoms with Crippen LogP contribution in [0.1, 0.15) is 0 Å². The van der Waals surface area contributed by atoms with Gasteiger partial charge in [-0.05, 0) is 11.6 Å². The highest BCUT2D eigenvalue weighted by Gasteiger charge is 2.01. The third kappa shape index (κ3) is 2.55. The van der Waals surface area contributed by atoms with Crippen LogP contribution in [-0.2, 0) is 4.79 Å². The molecule has 0 spiro atoms. The molecule has 0 aliphatic carbocycles. The summed E-state index contributed by atoms with van der Waals surface area (Å²) < 4.78 is 0. The zero-order valence-electron chi connectivity index (χ0n) is 3.24. The molecule has 0 N–H and O–H groups in total. The van der Waals surface area contributed by atoms with Gasteiger partial charge in [-0.2, -0.15) is 0 Å². The maximum absolute atomic E-state index is 9.78. The Balaban J connectivity index is 3.26. The van der Waals surface area contributed by atoms with Crippen molar-refractivity contribution in [2.24, 2.45) is 0 Å². The Morgan fingerprint density at radius 2 is 2.00 bits per heavy atom. The van der Waals surface area contributed by atoms with Crippen LogP contribution in [0.2, 0.25) is 0 Å². The molecule has 0 amide bonds. The molecule has 0 rings (SSSR count). The maximum Gasteiger partial charge on any atom is 0.231 e. The average Bonchev–Trinajstić information content (AvgIpc) is 1.36. The molecule has 0 saturated carbocycles. The summed E-state index contributed by atoms with van der Waals surface area (Å²) in [5.41, 5.74) is 0. The molecule has 0 aromatic carbocycles. The standard InChI is InChI=1S/C2H3BCl2O/c3-1(4)2(5)6/h1H,3H2. The SMILES string of the molecule is BC(Cl)C(=O)Cl. The van der Waals surface area contributed by atoms with Gasteiger partial charge in [0.2, 0.25) is 5.24 Å². The number of hydrogen-bond acceptors (Lipinski definition) is 1. The van der Waals surface area contributed by atoms with Gasteiger partial charge in [0.15, 0.2) is 0 Å². The van der Waals surface area contributed by atoms with Crippen LogP contribution >= 0.6 is 23.2 Å². The third-order valence-electron chi connectivity index (χ3n) is 0.313. The molecule has 0 aliphatic rings. The molecule has 0 aliphatic heterocycles. The fraction of sp³-hybridized carbons (Fsp3) is 0.500. The van der Waals surface area contributed by atoms with Gasteiger partial charge in [0.25, 0.3) is 0 Å². The quantitative estimate of drug-likeness (QED) is 0.272. The second kappa shape index (κ2) is 2.48. The van der Waals surface area contributed by atoms with Crippen LogP contribution in [0.15, 0.2) is 0 Å². The van der Waals surface area contributed by atoms with E-state index in [4.69, 9.17) is 23.2 Å². The van der Waals surface area contributed by atoms with Crippen molar-refractivity contribution in [3.63, 3.8) is 0 Å². The van der Waals surface area contributed by atoms with Crippen molar-refractivity contribution < 1.29 is 4.79 Å². The van der Waals surface area contributed by atoms with Gasteiger partial charge in [-0.3, -0.25) is 4.79 Å². The highest BCUT2D eigenvalue weighted by Crippen LogP contribution is 1.92. The molecule has 0 bridgehead atoms. The van der Waals surface area contributed by atoms with E-state index in [1.54, 1.807) is 0 Å². The summed E-state index contributed by atoms with van der Waals surface area (Å²) in [4.78, 5) is 9.78. The van der Waals surface area contributed by atoms with Crippen LogP contribution < -0.4 is 0 Å². The minimum absolute atomic E-state index is 0.503. The topological polar surface area (TPSA) is 17.1 Å². The van der Waals surface area contributed by atoms with Crippen molar-refractivity contribution in [1.82, 2.24) is 0 Å². The van der Waals surface area contributed by atoms with E-state index in [-0.39, 0.29) is 0 Å². The van der Waals surface area contributed by atoms with Gasteiger partial charge in [0.05, 0.1) is 5.28 Å². The van der Waals surface area contributed by atoms with Gasteiger partial charge in [-0.15, -0.1) is 11.6 Å². The molecule has 0 saturated heterocycles. The van der Waals surface area contributed by atoms with E-state index in [2.05, 4.69) is 0 Å². The summed E-state index contributed by atoms with van der Waals surface area (Å²) in [5.74, 6) is 0. The van der Waals surface area contributed by atoms with Crippen molar-refractivity contribution in [2.45, 2.75) is 5.28 Å². The van der Waals surface area contributed by atoms with E-state index in [1.807, 2.05) is 0 Å². The first-order valence-corrected chi connectivity index (χ1v) is 2.29. The lowest BCUT2D eigenvalue weighted by atomic mass is 10.1. The summed E-state index contributed by atoms with van der Waals surface area (Å²) in [7, 11) is 1.52. The fourth-order valence-electron chi connectivity index (χ4n) is 0. The van der Waals surface area contributed by atoms with E-state index in [0.717, 1.165) is 0 Å². The van der Waals surface area contributed by atoms with Crippen LogP contribution in [-0.4, -0.2) is 18.4 Å². The minimum Gasteiger partial charge on any atom is -0.281 e. The highest BCUT2D eigenvalue weighted by molar-refractivity contribution is 6.74. The predicted molar refractivity (Wildman–Crippen MR) is 29.0 cm³/mol. The number of alkyl halides is 1. The lowest BCUT2D eigenvalue weighted by Crippen LogP contribution is -2.05. The predicted octanol–water partition coefficient (Wildman–Crippen LogP) is -0.0502. The lowest BCUT2D eigenvalue weighted by Gasteiger charge is -1.84. The second-order valence-electron chi connectivity index (χ2n) is 0.920. The van der Waals surface area contributed by atoms with E-state index in [0.29, 0.717) is 0 Å². The van der Waals surface area contributed by atoms with Crippen LogP contribution in [0.3, 0.4) is 0 Å². The molecular formula is C2H3BCl2O. The molecule has 4 heteroatoms. The van der Waals surface area contributed by atoms with Crippen molar-refractivity contribution in [1.29, 1.82) is 0 Å². The van der Waals surface area contributed by atoms with Crippen molar-refractivity contribution >= 4 is 36.3 Å². The van der Waals surface area contributed by atoms with Crippen LogP contribution in [0.25, 0.3) is 0 Å². The first-order valence-electron chi connectivity index (χ1n) is 1.48. The van der Waals surface area contributed by atoms with Crippen LogP contribution in [0.5, 0.6) is 0 Å². The molecule has 1 atom stereocenters. The second-order valence-corrected chi connectivity index (χ2v) is 1.95. The summed E-state index contributed by atoms with van der Waals surface area (Å²) in [5, 5.41) is -1.05.